The van der Waals surface area contributed by atoms with Crippen LogP contribution in [-0.2, 0) is 0 Å². The molecule has 0 bridgehead atoms. The van der Waals surface area contributed by atoms with E-state index in [9.17, 15) is 9.59 Å². The van der Waals surface area contributed by atoms with E-state index in [0.29, 0.717) is 27.8 Å². The third-order valence-corrected chi connectivity index (χ3v) is 5.41. The number of rotatable bonds is 0. The Kier molecular flexibility index (Phi) is 2.63. The van der Waals surface area contributed by atoms with Crippen molar-refractivity contribution in [2.45, 2.75) is 0 Å². The maximum absolute atomic E-state index is 13.0. The van der Waals surface area contributed by atoms with Crippen LogP contribution in [-0.4, -0.2) is 11.6 Å². The van der Waals surface area contributed by atoms with Crippen LogP contribution in [0.1, 0.15) is 31.8 Å². The van der Waals surface area contributed by atoms with Gasteiger partial charge in [-0.2, -0.15) is 0 Å². The molecule has 6 rings (SSSR count). The first-order valence-corrected chi connectivity index (χ1v) is 8.79. The second-order valence-corrected chi connectivity index (χ2v) is 6.86. The van der Waals surface area contributed by atoms with Crippen LogP contribution in [0.15, 0.2) is 77.2 Å². The van der Waals surface area contributed by atoms with Gasteiger partial charge in [0.1, 0.15) is 11.2 Å². The van der Waals surface area contributed by atoms with E-state index in [2.05, 4.69) is 6.07 Å². The van der Waals surface area contributed by atoms with Crippen LogP contribution in [0.2, 0.25) is 0 Å². The van der Waals surface area contributed by atoms with Gasteiger partial charge in [0.2, 0.25) is 0 Å². The Hall–Kier alpha value is -3.72. The summed E-state index contributed by atoms with van der Waals surface area (Å²) in [6.45, 7) is 0. The Morgan fingerprint density at radius 3 is 2.00 bits per heavy atom. The van der Waals surface area contributed by atoms with E-state index in [0.717, 1.165) is 27.1 Å². The molecule has 0 unspecified atom stereocenters. The van der Waals surface area contributed by atoms with E-state index in [-0.39, 0.29) is 11.6 Å². The largest absolute Gasteiger partial charge is 0.456 e. The topological polar surface area (TPSA) is 47.3 Å². The van der Waals surface area contributed by atoms with E-state index in [1.54, 1.807) is 30.3 Å². The Labute approximate surface area is 153 Å². The second kappa shape index (κ2) is 4.92. The highest BCUT2D eigenvalue weighted by atomic mass is 16.3. The van der Waals surface area contributed by atoms with Crippen molar-refractivity contribution in [3.8, 4) is 0 Å². The molecule has 0 fully saturated rings. The van der Waals surface area contributed by atoms with E-state index in [1.165, 1.54) is 0 Å². The number of carbonyl (C=O) groups excluding carboxylic acids is 2. The van der Waals surface area contributed by atoms with Gasteiger partial charge in [-0.05, 0) is 29.0 Å². The molecule has 0 aliphatic heterocycles. The summed E-state index contributed by atoms with van der Waals surface area (Å²) in [5.41, 5.74) is 3.16. The summed E-state index contributed by atoms with van der Waals surface area (Å²) in [5.74, 6) is -0.246. The quantitative estimate of drug-likeness (QED) is 0.363. The molecule has 0 saturated heterocycles. The summed E-state index contributed by atoms with van der Waals surface area (Å²) in [6.07, 6.45) is 0. The highest BCUT2D eigenvalue weighted by molar-refractivity contribution is 6.31. The highest BCUT2D eigenvalue weighted by Crippen LogP contribution is 2.38. The predicted octanol–water partition coefficient (Wildman–Crippen LogP) is 5.51. The van der Waals surface area contributed by atoms with Gasteiger partial charge < -0.3 is 4.42 Å². The first kappa shape index (κ1) is 14.4. The van der Waals surface area contributed by atoms with Crippen LogP contribution in [0.3, 0.4) is 0 Å². The molecule has 3 heteroatoms. The van der Waals surface area contributed by atoms with E-state index in [4.69, 9.17) is 4.42 Å². The number of ketones is 2. The van der Waals surface area contributed by atoms with E-state index < -0.39 is 0 Å². The molecule has 3 nitrogen and oxygen atoms in total. The first-order valence-electron chi connectivity index (χ1n) is 8.79. The minimum Gasteiger partial charge on any atom is -0.456 e. The molecule has 5 aromatic rings. The molecule has 1 aliphatic carbocycles. The lowest BCUT2D eigenvalue weighted by Gasteiger charge is -2.17. The summed E-state index contributed by atoms with van der Waals surface area (Å²) in [4.78, 5) is 26.0. The molecule has 0 amide bonds. The zero-order chi connectivity index (χ0) is 18.1. The summed E-state index contributed by atoms with van der Waals surface area (Å²) >= 11 is 0. The SMILES string of the molecule is O=C1c2ccccc2C(=O)c2cc3c(cc21)oc1ccc2ccccc2c13. The molecule has 1 heterocycles. The Morgan fingerprint density at radius 1 is 0.556 bits per heavy atom. The van der Waals surface area contributed by atoms with Crippen LogP contribution in [0.25, 0.3) is 32.7 Å². The average molecular weight is 348 g/mol. The van der Waals surface area contributed by atoms with Crippen molar-refractivity contribution >= 4 is 44.3 Å². The first-order chi connectivity index (χ1) is 13.2. The summed E-state index contributed by atoms with van der Waals surface area (Å²) in [5, 5.41) is 4.02. The second-order valence-electron chi connectivity index (χ2n) is 6.86. The highest BCUT2D eigenvalue weighted by Gasteiger charge is 2.30. The zero-order valence-corrected chi connectivity index (χ0v) is 14.2. The van der Waals surface area contributed by atoms with Gasteiger partial charge >= 0.3 is 0 Å². The number of carbonyl (C=O) groups is 2. The molecule has 1 aromatic heterocycles. The fraction of sp³-hybridized carbons (Fsp3) is 0. The van der Waals surface area contributed by atoms with Crippen molar-refractivity contribution in [1.82, 2.24) is 0 Å². The molecule has 1 aliphatic rings. The van der Waals surface area contributed by atoms with Gasteiger partial charge in [-0.15, -0.1) is 0 Å². The van der Waals surface area contributed by atoms with Crippen LogP contribution in [0, 0.1) is 0 Å². The van der Waals surface area contributed by atoms with Gasteiger partial charge in [0, 0.05) is 33.0 Å². The minimum absolute atomic E-state index is 0.114. The third-order valence-electron chi connectivity index (χ3n) is 5.41. The van der Waals surface area contributed by atoms with Crippen LogP contribution in [0.5, 0.6) is 0 Å². The summed E-state index contributed by atoms with van der Waals surface area (Å²) in [7, 11) is 0. The number of furan rings is 1. The Balaban J connectivity index is 1.75. The van der Waals surface area contributed by atoms with Gasteiger partial charge in [-0.3, -0.25) is 9.59 Å². The van der Waals surface area contributed by atoms with E-state index >= 15 is 0 Å². The van der Waals surface area contributed by atoms with Crippen molar-refractivity contribution < 1.29 is 14.0 Å². The van der Waals surface area contributed by atoms with Crippen molar-refractivity contribution in [3.63, 3.8) is 0 Å². The van der Waals surface area contributed by atoms with Gasteiger partial charge in [0.05, 0.1) is 0 Å². The summed E-state index contributed by atoms with van der Waals surface area (Å²) < 4.78 is 6.03. The van der Waals surface area contributed by atoms with Crippen molar-refractivity contribution in [2.75, 3.05) is 0 Å². The molecule has 0 saturated carbocycles. The van der Waals surface area contributed by atoms with Gasteiger partial charge in [-0.25, -0.2) is 0 Å². The van der Waals surface area contributed by atoms with Crippen molar-refractivity contribution in [3.05, 3.63) is 95.1 Å². The van der Waals surface area contributed by atoms with Crippen molar-refractivity contribution in [2.24, 2.45) is 0 Å². The molecular formula is C24H12O3. The number of fused-ring (bicyclic) bond motifs is 7. The van der Waals surface area contributed by atoms with Gasteiger partial charge in [0.15, 0.2) is 11.6 Å². The van der Waals surface area contributed by atoms with Crippen LogP contribution < -0.4 is 0 Å². The zero-order valence-electron chi connectivity index (χ0n) is 14.2. The Morgan fingerprint density at radius 2 is 1.22 bits per heavy atom. The molecule has 27 heavy (non-hydrogen) atoms. The predicted molar refractivity (Wildman–Crippen MR) is 105 cm³/mol. The van der Waals surface area contributed by atoms with Crippen LogP contribution >= 0.6 is 0 Å². The third kappa shape index (κ3) is 1.80. The fourth-order valence-corrected chi connectivity index (χ4v) is 4.14. The Bertz CT molecular complexity index is 1450. The molecule has 0 radical (unpaired) electrons. The maximum Gasteiger partial charge on any atom is 0.194 e. The van der Waals surface area contributed by atoms with Crippen LogP contribution in [0.4, 0.5) is 0 Å². The van der Waals surface area contributed by atoms with Crippen molar-refractivity contribution in [1.29, 1.82) is 0 Å². The number of hydrogen-bond acceptors (Lipinski definition) is 3. The minimum atomic E-state index is -0.132. The molecule has 0 spiro atoms. The molecular weight excluding hydrogens is 336 g/mol. The summed E-state index contributed by atoms with van der Waals surface area (Å²) in [6, 6.07) is 22.6. The lowest BCUT2D eigenvalue weighted by Crippen LogP contribution is -2.20. The maximum atomic E-state index is 13.0. The van der Waals surface area contributed by atoms with E-state index in [1.807, 2.05) is 36.4 Å². The number of hydrogen-bond donors (Lipinski definition) is 0. The monoisotopic (exact) mass is 348 g/mol. The smallest absolute Gasteiger partial charge is 0.194 e. The standard InChI is InChI=1S/C24H12O3/c25-23-15-7-3-4-8-16(15)24(26)18-12-21-19(11-17(18)23)22-14-6-2-1-5-13(14)9-10-20(22)27-21/h1-12H. The molecule has 126 valence electrons. The lowest BCUT2D eigenvalue weighted by molar-refractivity contribution is 0.0979. The average Bonchev–Trinajstić information content (AvgIpc) is 3.09. The normalized spacial score (nSPS) is 13.3. The van der Waals surface area contributed by atoms with Gasteiger partial charge in [0.25, 0.3) is 0 Å². The molecule has 4 aromatic carbocycles. The molecule has 0 atom stereocenters. The lowest BCUT2D eigenvalue weighted by atomic mass is 9.83. The van der Waals surface area contributed by atoms with Gasteiger partial charge in [-0.1, -0.05) is 54.6 Å². The number of benzene rings is 4. The molecule has 0 N–H and O–H groups in total. The fourth-order valence-electron chi connectivity index (χ4n) is 4.14.